The number of halogens is 9. The van der Waals surface area contributed by atoms with Gasteiger partial charge in [-0.15, -0.1) is 40.5 Å². The third-order valence-corrected chi connectivity index (χ3v) is 10.2. The number of aliphatic hydroxyl groups excluding tert-OH is 1. The average Bonchev–Trinajstić information content (AvgIpc) is 3.34. The molecule has 0 aliphatic rings. The van der Waals surface area contributed by atoms with Gasteiger partial charge in [-0.25, -0.2) is 0 Å². The molecule has 2 heterocycles. The number of aliphatic hydroxyl groups is 1. The minimum atomic E-state index is -5.55. The molecule has 5 aromatic rings. The standard InChI is InChI=1S/C34H30F6NS.C8H11F3O2.Ir/c1-17-12-18(2)26(19(3)13-17)29-20(4)27-24(31(33(35,36)37)34(38,39)40)16-41-28(30(27)42-29)22-14-21-10-8-9-11-23(21)25(15-22)32(5,6)7;1-5(2)3-6(12)4-7(13)8(9,10)11;/h8-13,15-16,31H,1-7H3;4-5,12H,3H2,1-2H3;/q-1;;/b;6-4-;. The van der Waals surface area contributed by atoms with Crippen molar-refractivity contribution in [3.05, 3.63) is 99.9 Å². The summed E-state index contributed by atoms with van der Waals surface area (Å²) < 4.78 is 120. The van der Waals surface area contributed by atoms with Crippen molar-refractivity contribution in [1.82, 2.24) is 4.98 Å². The maximum Gasteiger partial charge on any atom is 0.454 e. The number of pyridine rings is 1. The van der Waals surface area contributed by atoms with Crippen LogP contribution in [0.1, 0.15) is 80.3 Å². The van der Waals surface area contributed by atoms with Gasteiger partial charge in [0.1, 0.15) is 0 Å². The Morgan fingerprint density at radius 1 is 0.893 bits per heavy atom. The summed E-state index contributed by atoms with van der Waals surface area (Å²) in [5.41, 5.74) is 4.63. The van der Waals surface area contributed by atoms with E-state index in [0.717, 1.165) is 44.8 Å². The molecule has 0 fully saturated rings. The molecule has 0 bridgehead atoms. The number of hydrogen-bond donors (Lipinski definition) is 1. The predicted molar refractivity (Wildman–Crippen MR) is 201 cm³/mol. The van der Waals surface area contributed by atoms with E-state index in [1.165, 1.54) is 11.3 Å². The molecule has 2 aromatic heterocycles. The topological polar surface area (TPSA) is 50.2 Å². The van der Waals surface area contributed by atoms with E-state index in [1.54, 1.807) is 20.8 Å². The normalized spacial score (nSPS) is 13.0. The molecule has 0 saturated heterocycles. The SMILES string of the molecule is CC(C)C/C(O)=C/C(=O)C(F)(F)F.Cc1cc(C)c(-c2sc3c(-c4[c-]c5ccccc5c(C(C)(C)C)c4)ncc(C(C(F)(F)F)C(F)(F)F)c3c2C)c(C)c1.[Ir]. The number of aryl methyl sites for hydroxylation is 4. The second-order valence-corrected chi connectivity index (χ2v) is 16.1. The molecule has 3 nitrogen and oxygen atoms in total. The summed E-state index contributed by atoms with van der Waals surface area (Å²) in [7, 11) is 0. The number of hydrogen-bond acceptors (Lipinski definition) is 4. The molecule has 3 aromatic carbocycles. The van der Waals surface area contributed by atoms with E-state index in [1.807, 2.05) is 63.2 Å². The van der Waals surface area contributed by atoms with E-state index in [0.29, 0.717) is 21.7 Å². The van der Waals surface area contributed by atoms with Crippen molar-refractivity contribution in [2.75, 3.05) is 0 Å². The van der Waals surface area contributed by atoms with Crippen molar-refractivity contribution >= 4 is 38.0 Å². The molecular weight excluding hydrogens is 946 g/mol. The van der Waals surface area contributed by atoms with Crippen LogP contribution in [0.15, 0.2) is 60.5 Å². The maximum atomic E-state index is 14.1. The van der Waals surface area contributed by atoms with Gasteiger partial charge in [0.15, 0.2) is 5.92 Å². The fourth-order valence-electron chi connectivity index (χ4n) is 6.70. The molecule has 0 amide bonds. The number of ketones is 1. The molecule has 0 atom stereocenters. The van der Waals surface area contributed by atoms with Gasteiger partial charge in [-0.2, -0.15) is 39.5 Å². The molecule has 56 heavy (non-hydrogen) atoms. The van der Waals surface area contributed by atoms with E-state index in [2.05, 4.69) is 31.8 Å². The maximum absolute atomic E-state index is 14.1. The Balaban J connectivity index is 0.000000517. The van der Waals surface area contributed by atoms with Gasteiger partial charge in [-0.1, -0.05) is 81.5 Å². The van der Waals surface area contributed by atoms with Crippen LogP contribution < -0.4 is 0 Å². The molecule has 0 unspecified atom stereocenters. The third-order valence-electron chi connectivity index (χ3n) is 8.89. The molecular formula is C42H41F9IrNO2S-. The number of rotatable bonds is 6. The van der Waals surface area contributed by atoms with Crippen LogP contribution >= 0.6 is 11.3 Å². The zero-order valence-corrected chi connectivity index (χ0v) is 35.2. The summed E-state index contributed by atoms with van der Waals surface area (Å²) in [6.45, 7) is 17.0. The molecule has 0 saturated carbocycles. The average molecular weight is 987 g/mol. The van der Waals surface area contributed by atoms with Gasteiger partial charge in [-0.3, -0.25) is 9.78 Å². The van der Waals surface area contributed by atoms with Gasteiger partial charge in [0.05, 0.1) is 5.76 Å². The fourth-order valence-corrected chi connectivity index (χ4v) is 8.22. The number of benzene rings is 3. The van der Waals surface area contributed by atoms with Gasteiger partial charge in [0.2, 0.25) is 0 Å². The first-order valence-corrected chi connectivity index (χ1v) is 18.0. The smallest absolute Gasteiger partial charge is 0.454 e. The van der Waals surface area contributed by atoms with E-state index < -0.39 is 41.6 Å². The monoisotopic (exact) mass is 987 g/mol. The second kappa shape index (κ2) is 17.0. The van der Waals surface area contributed by atoms with Crippen molar-refractivity contribution in [3.8, 4) is 21.7 Å². The van der Waals surface area contributed by atoms with Crippen LogP contribution in [0.4, 0.5) is 39.5 Å². The van der Waals surface area contributed by atoms with Crippen LogP contribution in [0.3, 0.4) is 0 Å². The molecule has 0 aliphatic heterocycles. The van der Waals surface area contributed by atoms with Crippen molar-refractivity contribution in [2.45, 2.75) is 98.6 Å². The first-order valence-electron chi connectivity index (χ1n) is 17.2. The zero-order valence-electron chi connectivity index (χ0n) is 32.0. The van der Waals surface area contributed by atoms with Crippen LogP contribution in [0.25, 0.3) is 42.6 Å². The Kier molecular flexibility index (Phi) is 14.2. The Hall–Kier alpha value is -3.74. The van der Waals surface area contributed by atoms with E-state index in [4.69, 9.17) is 5.11 Å². The molecule has 1 radical (unpaired) electrons. The number of allylic oxidation sites excluding steroid dienone is 2. The summed E-state index contributed by atoms with van der Waals surface area (Å²) in [6, 6.07) is 16.9. The summed E-state index contributed by atoms with van der Waals surface area (Å²) in [4.78, 5) is 15.3. The Bertz CT molecular complexity index is 2220. The largest absolute Gasteiger partial charge is 0.512 e. The molecule has 0 spiro atoms. The predicted octanol–water partition coefficient (Wildman–Crippen LogP) is 13.9. The first-order chi connectivity index (χ1) is 25.1. The molecule has 5 rings (SSSR count). The first kappa shape index (κ1) is 46.6. The number of alkyl halides is 9. The molecule has 0 aliphatic carbocycles. The third kappa shape index (κ3) is 10.4. The summed E-state index contributed by atoms with van der Waals surface area (Å²) in [6.07, 6.45) is -14.9. The molecule has 14 heteroatoms. The van der Waals surface area contributed by atoms with Crippen LogP contribution in [0, 0.1) is 39.7 Å². The number of carbonyl (C=O) groups is 1. The molecule has 305 valence electrons. The van der Waals surface area contributed by atoms with E-state index in [-0.39, 0.29) is 54.0 Å². The summed E-state index contributed by atoms with van der Waals surface area (Å²) in [5, 5.41) is 10.6. The Morgan fingerprint density at radius 3 is 1.95 bits per heavy atom. The van der Waals surface area contributed by atoms with Gasteiger partial charge in [-0.05, 0) is 72.2 Å². The van der Waals surface area contributed by atoms with Gasteiger partial charge in [0.25, 0.3) is 5.78 Å². The van der Waals surface area contributed by atoms with Gasteiger partial charge < -0.3 is 5.11 Å². The van der Waals surface area contributed by atoms with Gasteiger partial charge in [0, 0.05) is 54.1 Å². The van der Waals surface area contributed by atoms with Gasteiger partial charge >= 0.3 is 18.5 Å². The zero-order chi connectivity index (χ0) is 41.6. The number of nitrogens with zero attached hydrogens (tertiary/aromatic N) is 1. The Morgan fingerprint density at radius 2 is 1.45 bits per heavy atom. The van der Waals surface area contributed by atoms with E-state index >= 15 is 0 Å². The van der Waals surface area contributed by atoms with Crippen molar-refractivity contribution in [2.24, 2.45) is 5.92 Å². The van der Waals surface area contributed by atoms with Crippen LogP contribution in [0.5, 0.6) is 0 Å². The van der Waals surface area contributed by atoms with Crippen molar-refractivity contribution in [3.63, 3.8) is 0 Å². The second-order valence-electron chi connectivity index (χ2n) is 15.1. The van der Waals surface area contributed by atoms with Crippen molar-refractivity contribution < 1.29 is 69.5 Å². The van der Waals surface area contributed by atoms with Crippen molar-refractivity contribution in [1.29, 1.82) is 0 Å². The van der Waals surface area contributed by atoms with Crippen LogP contribution in [-0.4, -0.2) is 34.4 Å². The number of carbonyl (C=O) groups excluding carboxylic acids is 1. The summed E-state index contributed by atoms with van der Waals surface area (Å²) >= 11 is 1.19. The fraction of sp³-hybridized carbons (Fsp3) is 0.381. The molecule has 1 N–H and O–H groups in total. The van der Waals surface area contributed by atoms with E-state index in [9.17, 15) is 44.3 Å². The summed E-state index contributed by atoms with van der Waals surface area (Å²) in [5.74, 6) is -6.21. The number of thiophene rings is 1. The quantitative estimate of drug-likeness (QED) is 0.0798. The Labute approximate surface area is 337 Å². The number of aromatic nitrogens is 1. The van der Waals surface area contributed by atoms with Crippen LogP contribution in [0.2, 0.25) is 0 Å². The minimum absolute atomic E-state index is 0. The van der Waals surface area contributed by atoms with Crippen LogP contribution in [-0.2, 0) is 30.3 Å². The number of fused-ring (bicyclic) bond motifs is 2. The minimum Gasteiger partial charge on any atom is -0.512 e.